The molecule has 0 unspecified atom stereocenters. The van der Waals surface area contributed by atoms with Crippen molar-refractivity contribution < 1.29 is 26.7 Å². The molecule has 0 amide bonds. The molecule has 0 aromatic heterocycles. The van der Waals surface area contributed by atoms with Gasteiger partial charge < -0.3 is 26.7 Å². The first-order valence-electron chi connectivity index (χ1n) is 6.63. The van der Waals surface area contributed by atoms with Crippen LogP contribution in [0.2, 0.25) is 0 Å². The van der Waals surface area contributed by atoms with E-state index in [0.717, 1.165) is 17.6 Å². The fourth-order valence-electron chi connectivity index (χ4n) is 1.63. The van der Waals surface area contributed by atoms with Gasteiger partial charge in [-0.15, -0.1) is 0 Å². The molecule has 0 aromatic rings. The Morgan fingerprint density at radius 1 is 1.00 bits per heavy atom. The minimum absolute atomic E-state index is 0. The molecule has 0 bridgehead atoms. The number of aliphatic hydroxyl groups excluding tert-OH is 1. The smallest absolute Gasteiger partial charge is 0.182 e. The van der Waals surface area contributed by atoms with Crippen molar-refractivity contribution >= 4 is 0 Å². The first-order valence-corrected chi connectivity index (χ1v) is 6.63. The summed E-state index contributed by atoms with van der Waals surface area (Å²) in [6, 6.07) is 0. The normalized spacial score (nSPS) is 11.3. The second-order valence-electron chi connectivity index (χ2n) is 5.19. The van der Waals surface area contributed by atoms with Gasteiger partial charge in [0.2, 0.25) is 0 Å². The van der Waals surface area contributed by atoms with Gasteiger partial charge in [-0.05, 0) is 6.42 Å². The van der Waals surface area contributed by atoms with Crippen LogP contribution in [0.15, 0.2) is 0 Å². The van der Waals surface area contributed by atoms with Crippen molar-refractivity contribution in [1.82, 2.24) is 0 Å². The van der Waals surface area contributed by atoms with E-state index in [1.54, 1.807) is 0 Å². The van der Waals surface area contributed by atoms with E-state index in [-0.39, 0.29) is 19.0 Å². The van der Waals surface area contributed by atoms with E-state index >= 15 is 0 Å². The van der Waals surface area contributed by atoms with Crippen molar-refractivity contribution in [2.45, 2.75) is 45.4 Å². The highest BCUT2D eigenvalue weighted by atomic mass is 35.5. The quantitative estimate of drug-likeness (QED) is 0.308. The summed E-state index contributed by atoms with van der Waals surface area (Å²) in [6.07, 6.45) is 7.83. The third-order valence-electron chi connectivity index (χ3n) is 2.79. The number of ether oxygens (including phenoxy) is 1. The van der Waals surface area contributed by atoms with Crippen molar-refractivity contribution in [1.29, 1.82) is 0 Å². The Balaban J connectivity index is 0. The molecule has 0 fully saturated rings. The van der Waals surface area contributed by atoms with Gasteiger partial charge in [-0.2, -0.15) is 0 Å². The highest BCUT2D eigenvalue weighted by molar-refractivity contribution is 4.42. The average Bonchev–Trinajstić information content (AvgIpc) is 2.22. The molecule has 0 rings (SSSR count). The van der Waals surface area contributed by atoms with Gasteiger partial charge in [-0.25, -0.2) is 0 Å². The van der Waals surface area contributed by atoms with Crippen LogP contribution in [0.1, 0.15) is 45.4 Å². The van der Waals surface area contributed by atoms with E-state index in [1.165, 1.54) is 38.5 Å². The van der Waals surface area contributed by atoms with Gasteiger partial charge in [0.05, 0.1) is 27.3 Å². The minimum atomic E-state index is 0. The number of unbranched alkanes of at least 4 members (excludes halogenated alkanes) is 5. The molecule has 0 aliphatic rings. The van der Waals surface area contributed by atoms with Crippen LogP contribution in [0.3, 0.4) is 0 Å². The van der Waals surface area contributed by atoms with Gasteiger partial charge in [-0.1, -0.05) is 39.0 Å². The van der Waals surface area contributed by atoms with Crippen LogP contribution in [-0.4, -0.2) is 50.2 Å². The molecule has 0 saturated carbocycles. The number of hydrogen-bond acceptors (Lipinski definition) is 2. The average molecular weight is 268 g/mol. The summed E-state index contributed by atoms with van der Waals surface area (Å²) in [5, 5.41) is 8.85. The van der Waals surface area contributed by atoms with E-state index in [2.05, 4.69) is 21.0 Å². The summed E-state index contributed by atoms with van der Waals surface area (Å²) in [6.45, 7) is 4.79. The molecule has 3 nitrogen and oxygen atoms in total. The molecule has 0 heterocycles. The molecule has 0 aliphatic heterocycles. The topological polar surface area (TPSA) is 29.5 Å². The second kappa shape index (κ2) is 12.6. The van der Waals surface area contributed by atoms with Crippen LogP contribution >= 0.6 is 0 Å². The van der Waals surface area contributed by atoms with Crippen LogP contribution in [0.4, 0.5) is 0 Å². The van der Waals surface area contributed by atoms with Crippen molar-refractivity contribution in [3.63, 3.8) is 0 Å². The van der Waals surface area contributed by atoms with E-state index in [1.807, 2.05) is 0 Å². The zero-order chi connectivity index (χ0) is 12.3. The number of likely N-dealkylation sites (N-methyl/N-ethyl adjacent to an activating group) is 1. The number of nitrogens with zero attached hydrogens (tertiary/aromatic N) is 1. The molecule has 1 N–H and O–H groups in total. The summed E-state index contributed by atoms with van der Waals surface area (Å²) in [5.74, 6) is 0. The SMILES string of the molecule is CCCCCCCCOC[N+](C)(C)CCO.[Cl-]. The minimum Gasteiger partial charge on any atom is -1.00 e. The lowest BCUT2D eigenvalue weighted by atomic mass is 10.1. The first-order chi connectivity index (χ1) is 7.62. The number of hydrogen-bond donors (Lipinski definition) is 1. The molecule has 0 aliphatic carbocycles. The van der Waals surface area contributed by atoms with Gasteiger partial charge in [-0.3, -0.25) is 0 Å². The summed E-state index contributed by atoms with van der Waals surface area (Å²) in [5.41, 5.74) is 0. The largest absolute Gasteiger partial charge is 1.00 e. The van der Waals surface area contributed by atoms with E-state index in [0.29, 0.717) is 6.73 Å². The Morgan fingerprint density at radius 2 is 1.59 bits per heavy atom. The maximum absolute atomic E-state index is 8.85. The van der Waals surface area contributed by atoms with Gasteiger partial charge >= 0.3 is 0 Å². The maximum Gasteiger partial charge on any atom is 0.182 e. The monoisotopic (exact) mass is 267 g/mol. The summed E-state index contributed by atoms with van der Waals surface area (Å²) < 4.78 is 6.36. The van der Waals surface area contributed by atoms with Crippen LogP contribution < -0.4 is 12.4 Å². The van der Waals surface area contributed by atoms with Crippen molar-refractivity contribution in [3.05, 3.63) is 0 Å². The number of aliphatic hydroxyl groups is 1. The second-order valence-corrected chi connectivity index (χ2v) is 5.19. The summed E-state index contributed by atoms with van der Waals surface area (Å²) in [4.78, 5) is 0. The molecule has 0 spiro atoms. The van der Waals surface area contributed by atoms with Crippen LogP contribution in [-0.2, 0) is 4.74 Å². The first kappa shape index (κ1) is 19.5. The van der Waals surface area contributed by atoms with Gasteiger partial charge in [0.25, 0.3) is 0 Å². The molecule has 106 valence electrons. The fraction of sp³-hybridized carbons (Fsp3) is 1.00. The molecule has 0 radical (unpaired) electrons. The number of halogens is 1. The Morgan fingerprint density at radius 3 is 2.18 bits per heavy atom. The Bertz CT molecular complexity index is 154. The summed E-state index contributed by atoms with van der Waals surface area (Å²) in [7, 11) is 4.16. The van der Waals surface area contributed by atoms with E-state index in [9.17, 15) is 0 Å². The Kier molecular flexibility index (Phi) is 14.5. The number of quaternary nitrogens is 1. The summed E-state index contributed by atoms with van der Waals surface area (Å²) >= 11 is 0. The standard InChI is InChI=1S/C13H30NO2.ClH/c1-4-5-6-7-8-9-12-16-13-14(2,3)10-11-15;/h15H,4-13H2,1-3H3;1H/q+1;/p-1. The van der Waals surface area contributed by atoms with Gasteiger partial charge in [0, 0.05) is 0 Å². The van der Waals surface area contributed by atoms with E-state index in [4.69, 9.17) is 9.84 Å². The predicted molar refractivity (Wildman–Crippen MR) is 68.3 cm³/mol. The number of rotatable bonds is 11. The van der Waals surface area contributed by atoms with E-state index < -0.39 is 0 Å². The molecule has 0 aromatic carbocycles. The molecule has 4 heteroatoms. The molecular weight excluding hydrogens is 238 g/mol. The molecule has 0 atom stereocenters. The highest BCUT2D eigenvalue weighted by Crippen LogP contribution is 2.05. The lowest BCUT2D eigenvalue weighted by Gasteiger charge is -2.28. The van der Waals surface area contributed by atoms with Gasteiger partial charge in [0.15, 0.2) is 6.73 Å². The lowest BCUT2D eigenvalue weighted by molar-refractivity contribution is -0.910. The third kappa shape index (κ3) is 14.1. The van der Waals surface area contributed by atoms with Crippen molar-refractivity contribution in [2.75, 3.05) is 40.6 Å². The Hall–Kier alpha value is 0.170. The van der Waals surface area contributed by atoms with Crippen LogP contribution in [0.25, 0.3) is 0 Å². The molecular formula is C13H30ClNO2. The van der Waals surface area contributed by atoms with Crippen molar-refractivity contribution in [2.24, 2.45) is 0 Å². The zero-order valence-electron chi connectivity index (χ0n) is 11.8. The fourth-order valence-corrected chi connectivity index (χ4v) is 1.63. The predicted octanol–water partition coefficient (Wildman–Crippen LogP) is -0.606. The maximum atomic E-state index is 8.85. The molecule has 17 heavy (non-hydrogen) atoms. The van der Waals surface area contributed by atoms with Crippen molar-refractivity contribution in [3.8, 4) is 0 Å². The third-order valence-corrected chi connectivity index (χ3v) is 2.79. The van der Waals surface area contributed by atoms with Gasteiger partial charge in [0.1, 0.15) is 6.54 Å². The Labute approximate surface area is 113 Å². The zero-order valence-corrected chi connectivity index (χ0v) is 12.5. The van der Waals surface area contributed by atoms with Crippen LogP contribution in [0, 0.1) is 0 Å². The van der Waals surface area contributed by atoms with Crippen LogP contribution in [0.5, 0.6) is 0 Å². The highest BCUT2D eigenvalue weighted by Gasteiger charge is 2.13. The lowest BCUT2D eigenvalue weighted by Crippen LogP contribution is -3.00. The molecule has 0 saturated heterocycles.